The van der Waals surface area contributed by atoms with Crippen LogP contribution in [0.25, 0.3) is 11.1 Å². The lowest BCUT2D eigenvalue weighted by Gasteiger charge is -2.25. The van der Waals surface area contributed by atoms with E-state index in [-0.39, 0.29) is 12.3 Å². The number of hydrogen-bond donors (Lipinski definition) is 2. The van der Waals surface area contributed by atoms with Gasteiger partial charge in [0.15, 0.2) is 0 Å². The number of amides is 1. The molecule has 0 spiro atoms. The number of aryl methyl sites for hydroxylation is 1. The molecule has 7 heteroatoms. The molecule has 2 N–H and O–H groups in total. The molecule has 1 aliphatic rings. The second-order valence-corrected chi connectivity index (χ2v) is 7.05. The zero-order valence-corrected chi connectivity index (χ0v) is 14.0. The standard InChI is InChI=1S/C17H21N3O4/c1-9-14-11(15(23)19-17(2,3)7-6-13(21)22)8-12(10-4-5-10)18-16(14)24-20-9/h8,10H,4-7H2,1-3H3,(H,19,23)(H,21,22). The Morgan fingerprint density at radius 1 is 1.42 bits per heavy atom. The second-order valence-electron chi connectivity index (χ2n) is 7.05. The monoisotopic (exact) mass is 331 g/mol. The molecule has 1 fully saturated rings. The highest BCUT2D eigenvalue weighted by Crippen LogP contribution is 2.40. The summed E-state index contributed by atoms with van der Waals surface area (Å²) in [7, 11) is 0. The van der Waals surface area contributed by atoms with Gasteiger partial charge < -0.3 is 14.9 Å². The first kappa shape index (κ1) is 16.4. The van der Waals surface area contributed by atoms with E-state index in [4.69, 9.17) is 9.63 Å². The van der Waals surface area contributed by atoms with Crippen LogP contribution in [0, 0.1) is 6.92 Å². The van der Waals surface area contributed by atoms with Crippen molar-refractivity contribution in [3.05, 3.63) is 23.0 Å². The average molecular weight is 331 g/mol. The summed E-state index contributed by atoms with van der Waals surface area (Å²) in [6.45, 7) is 5.40. The van der Waals surface area contributed by atoms with Crippen molar-refractivity contribution in [2.45, 2.75) is 57.9 Å². The third-order valence-electron chi connectivity index (χ3n) is 4.29. The Morgan fingerprint density at radius 3 is 2.75 bits per heavy atom. The van der Waals surface area contributed by atoms with Gasteiger partial charge in [-0.3, -0.25) is 9.59 Å². The van der Waals surface area contributed by atoms with Crippen molar-refractivity contribution in [3.8, 4) is 0 Å². The molecule has 1 aliphatic carbocycles. The number of rotatable bonds is 6. The number of nitrogens with one attached hydrogen (secondary N) is 1. The summed E-state index contributed by atoms with van der Waals surface area (Å²) in [5.41, 5.74) is 1.71. The lowest BCUT2D eigenvalue weighted by Crippen LogP contribution is -2.43. The van der Waals surface area contributed by atoms with Crippen molar-refractivity contribution in [3.63, 3.8) is 0 Å². The molecule has 128 valence electrons. The first-order chi connectivity index (χ1) is 11.3. The summed E-state index contributed by atoms with van der Waals surface area (Å²) < 4.78 is 5.25. The van der Waals surface area contributed by atoms with Gasteiger partial charge in [-0.15, -0.1) is 0 Å². The van der Waals surface area contributed by atoms with E-state index in [0.717, 1.165) is 18.5 Å². The predicted molar refractivity (Wildman–Crippen MR) is 86.9 cm³/mol. The highest BCUT2D eigenvalue weighted by atomic mass is 16.5. The number of aliphatic carboxylic acids is 1. The number of hydrogen-bond acceptors (Lipinski definition) is 5. The van der Waals surface area contributed by atoms with Crippen LogP contribution in [0.4, 0.5) is 0 Å². The van der Waals surface area contributed by atoms with E-state index in [2.05, 4.69) is 15.5 Å². The van der Waals surface area contributed by atoms with Crippen molar-refractivity contribution < 1.29 is 19.2 Å². The molecule has 2 heterocycles. The maximum Gasteiger partial charge on any atom is 0.303 e. The summed E-state index contributed by atoms with van der Waals surface area (Å²) >= 11 is 0. The fourth-order valence-corrected chi connectivity index (χ4v) is 2.74. The van der Waals surface area contributed by atoms with Crippen molar-refractivity contribution in [1.29, 1.82) is 0 Å². The molecule has 0 atom stereocenters. The van der Waals surface area contributed by atoms with Gasteiger partial charge >= 0.3 is 5.97 Å². The molecule has 7 nitrogen and oxygen atoms in total. The fraction of sp³-hybridized carbons (Fsp3) is 0.529. The number of pyridine rings is 1. The molecule has 0 radical (unpaired) electrons. The Balaban J connectivity index is 1.91. The smallest absolute Gasteiger partial charge is 0.303 e. The van der Waals surface area contributed by atoms with Crippen LogP contribution in [0.2, 0.25) is 0 Å². The van der Waals surface area contributed by atoms with Gasteiger partial charge in [0.1, 0.15) is 0 Å². The van der Waals surface area contributed by atoms with Crippen LogP contribution < -0.4 is 5.32 Å². The zero-order valence-electron chi connectivity index (χ0n) is 14.0. The Morgan fingerprint density at radius 2 is 2.12 bits per heavy atom. The maximum absolute atomic E-state index is 12.8. The van der Waals surface area contributed by atoms with Gasteiger partial charge in [-0.2, -0.15) is 0 Å². The molecular weight excluding hydrogens is 310 g/mol. The highest BCUT2D eigenvalue weighted by Gasteiger charge is 2.30. The molecule has 0 aromatic carbocycles. The van der Waals surface area contributed by atoms with Crippen molar-refractivity contribution in [2.24, 2.45) is 0 Å². The number of aromatic nitrogens is 2. The Bertz CT molecular complexity index is 806. The predicted octanol–water partition coefficient (Wildman–Crippen LogP) is 2.78. The van der Waals surface area contributed by atoms with Crippen LogP contribution in [0.3, 0.4) is 0 Å². The van der Waals surface area contributed by atoms with E-state index < -0.39 is 11.5 Å². The average Bonchev–Trinajstić information content (AvgIpc) is 3.29. The minimum absolute atomic E-state index is 0.00134. The summed E-state index contributed by atoms with van der Waals surface area (Å²) in [5.74, 6) is -0.758. The third kappa shape index (κ3) is 3.39. The van der Waals surface area contributed by atoms with E-state index in [1.807, 2.05) is 19.9 Å². The number of carboxylic acid groups (broad SMARTS) is 1. The zero-order chi connectivity index (χ0) is 17.5. The Hall–Kier alpha value is -2.44. The number of carbonyl (C=O) groups excluding carboxylic acids is 1. The minimum Gasteiger partial charge on any atom is -0.481 e. The first-order valence-electron chi connectivity index (χ1n) is 8.08. The lowest BCUT2D eigenvalue weighted by molar-refractivity contribution is -0.137. The van der Waals surface area contributed by atoms with E-state index in [9.17, 15) is 9.59 Å². The second kappa shape index (κ2) is 5.89. The van der Waals surface area contributed by atoms with Crippen LogP contribution in [0.5, 0.6) is 0 Å². The Kier molecular flexibility index (Phi) is 4.03. The molecule has 0 unspecified atom stereocenters. The minimum atomic E-state index is -0.880. The summed E-state index contributed by atoms with van der Waals surface area (Å²) in [6.07, 6.45) is 2.48. The van der Waals surface area contributed by atoms with Crippen LogP contribution >= 0.6 is 0 Å². The van der Waals surface area contributed by atoms with Gasteiger partial charge in [0.2, 0.25) is 0 Å². The number of nitrogens with zero attached hydrogens (tertiary/aromatic N) is 2. The van der Waals surface area contributed by atoms with Gasteiger partial charge in [0, 0.05) is 23.6 Å². The molecule has 2 aromatic rings. The van der Waals surface area contributed by atoms with E-state index in [1.165, 1.54) is 0 Å². The lowest BCUT2D eigenvalue weighted by atomic mass is 9.97. The summed E-state index contributed by atoms with van der Waals surface area (Å²) in [6, 6.07) is 1.81. The third-order valence-corrected chi connectivity index (χ3v) is 4.29. The molecule has 2 aromatic heterocycles. The normalized spacial score (nSPS) is 14.8. The van der Waals surface area contributed by atoms with Crippen LogP contribution in [0.15, 0.2) is 10.6 Å². The summed E-state index contributed by atoms with van der Waals surface area (Å²) in [4.78, 5) is 28.1. The maximum atomic E-state index is 12.8. The SMILES string of the molecule is Cc1noc2nc(C3CC3)cc(C(=O)NC(C)(C)CCC(=O)O)c12. The highest BCUT2D eigenvalue weighted by molar-refractivity contribution is 6.06. The molecule has 0 saturated heterocycles. The van der Waals surface area contributed by atoms with E-state index in [1.54, 1.807) is 6.92 Å². The van der Waals surface area contributed by atoms with Crippen LogP contribution in [-0.4, -0.2) is 32.7 Å². The summed E-state index contributed by atoms with van der Waals surface area (Å²) in [5, 5.41) is 16.3. The van der Waals surface area contributed by atoms with Gasteiger partial charge in [-0.25, -0.2) is 4.98 Å². The molecular formula is C17H21N3O4. The number of carboxylic acids is 1. The largest absolute Gasteiger partial charge is 0.481 e. The molecule has 1 saturated carbocycles. The fourth-order valence-electron chi connectivity index (χ4n) is 2.74. The topological polar surface area (TPSA) is 105 Å². The number of fused-ring (bicyclic) bond motifs is 1. The molecule has 1 amide bonds. The van der Waals surface area contributed by atoms with Crippen molar-refractivity contribution >= 4 is 23.0 Å². The van der Waals surface area contributed by atoms with Crippen LogP contribution in [0.1, 0.15) is 67.2 Å². The molecule has 0 bridgehead atoms. The van der Waals surface area contributed by atoms with E-state index >= 15 is 0 Å². The van der Waals surface area contributed by atoms with E-state index in [0.29, 0.717) is 34.7 Å². The Labute approximate surface area is 139 Å². The van der Waals surface area contributed by atoms with Gasteiger partial charge in [-0.1, -0.05) is 5.16 Å². The van der Waals surface area contributed by atoms with Gasteiger partial charge in [0.05, 0.1) is 16.6 Å². The number of carbonyl (C=O) groups is 2. The quantitative estimate of drug-likeness (QED) is 0.843. The molecule has 24 heavy (non-hydrogen) atoms. The van der Waals surface area contributed by atoms with Gasteiger partial charge in [0.25, 0.3) is 11.6 Å². The van der Waals surface area contributed by atoms with Crippen molar-refractivity contribution in [2.75, 3.05) is 0 Å². The molecule has 3 rings (SSSR count). The van der Waals surface area contributed by atoms with Crippen molar-refractivity contribution in [1.82, 2.24) is 15.5 Å². The molecule has 0 aliphatic heterocycles. The van der Waals surface area contributed by atoms with Crippen LogP contribution in [-0.2, 0) is 4.79 Å². The first-order valence-corrected chi connectivity index (χ1v) is 8.08. The van der Waals surface area contributed by atoms with Gasteiger partial charge in [-0.05, 0) is 46.1 Å².